The predicted molar refractivity (Wildman–Crippen MR) is 141 cm³/mol. The van der Waals surface area contributed by atoms with Gasteiger partial charge in [0.25, 0.3) is 0 Å². The largest absolute Gasteiger partial charge is 0.457 e. The zero-order valence-electron chi connectivity index (χ0n) is 19.3. The first-order valence-corrected chi connectivity index (χ1v) is 11.3. The van der Waals surface area contributed by atoms with Gasteiger partial charge < -0.3 is 30.4 Å². The summed E-state index contributed by atoms with van der Waals surface area (Å²) < 4.78 is 23.5. The molecule has 178 valence electrons. The van der Waals surface area contributed by atoms with E-state index in [0.717, 1.165) is 11.5 Å². The van der Waals surface area contributed by atoms with E-state index in [9.17, 15) is 0 Å². The van der Waals surface area contributed by atoms with Gasteiger partial charge in [-0.1, -0.05) is 0 Å². The van der Waals surface area contributed by atoms with Gasteiger partial charge in [0.05, 0.1) is 0 Å². The van der Waals surface area contributed by atoms with Crippen molar-refractivity contribution in [2.24, 2.45) is 0 Å². The van der Waals surface area contributed by atoms with Crippen LogP contribution in [0.1, 0.15) is 0 Å². The Morgan fingerprint density at radius 1 is 0.250 bits per heavy atom. The highest BCUT2D eigenvalue weighted by Gasteiger charge is 2.04. The smallest absolute Gasteiger partial charge is 0.127 e. The second kappa shape index (κ2) is 10.4. The summed E-state index contributed by atoms with van der Waals surface area (Å²) in [6.07, 6.45) is 0. The van der Waals surface area contributed by atoms with E-state index >= 15 is 0 Å². The highest BCUT2D eigenvalue weighted by Crippen LogP contribution is 2.30. The molecule has 0 saturated carbocycles. The van der Waals surface area contributed by atoms with E-state index in [4.69, 9.17) is 30.4 Å². The van der Waals surface area contributed by atoms with Crippen LogP contribution in [0, 0.1) is 0 Å². The Kier molecular flexibility index (Phi) is 6.58. The highest BCUT2D eigenvalue weighted by atomic mass is 16.5. The molecule has 6 heteroatoms. The molecule has 0 fully saturated rings. The molecule has 0 aliphatic rings. The predicted octanol–water partition coefficient (Wildman–Crippen LogP) is 8.02. The molecule has 0 aliphatic heterocycles. The number of nitrogen functional groups attached to an aromatic ring is 2. The fourth-order valence-electron chi connectivity index (χ4n) is 3.34. The lowest BCUT2D eigenvalue weighted by Gasteiger charge is -2.10. The summed E-state index contributed by atoms with van der Waals surface area (Å²) >= 11 is 0. The Balaban J connectivity index is 1.14. The minimum Gasteiger partial charge on any atom is -0.457 e. The molecule has 0 amide bonds. The topological polar surface area (TPSA) is 89.0 Å². The first-order chi connectivity index (χ1) is 17.6. The van der Waals surface area contributed by atoms with Crippen LogP contribution < -0.4 is 30.4 Å². The maximum Gasteiger partial charge on any atom is 0.127 e. The molecule has 0 radical (unpaired) electrons. The molecule has 5 aromatic rings. The number of hydrogen-bond acceptors (Lipinski definition) is 6. The molecule has 0 saturated heterocycles. The van der Waals surface area contributed by atoms with Crippen LogP contribution in [0.5, 0.6) is 46.0 Å². The summed E-state index contributed by atoms with van der Waals surface area (Å²) in [7, 11) is 0. The maximum atomic E-state index is 5.93. The van der Waals surface area contributed by atoms with E-state index in [2.05, 4.69) is 0 Å². The average molecular weight is 477 g/mol. The molecule has 0 aromatic heterocycles. The third-order valence-corrected chi connectivity index (χ3v) is 5.17. The van der Waals surface area contributed by atoms with Crippen LogP contribution in [0.2, 0.25) is 0 Å². The molecule has 4 N–H and O–H groups in total. The maximum absolute atomic E-state index is 5.93. The van der Waals surface area contributed by atoms with Crippen LogP contribution in [0.4, 0.5) is 11.4 Å². The van der Waals surface area contributed by atoms with Gasteiger partial charge in [0, 0.05) is 11.4 Å². The number of anilines is 2. The summed E-state index contributed by atoms with van der Waals surface area (Å²) in [5.41, 5.74) is 12.8. The molecule has 0 unspecified atom stereocenters. The molecule has 0 spiro atoms. The zero-order valence-corrected chi connectivity index (χ0v) is 19.3. The third-order valence-electron chi connectivity index (χ3n) is 5.17. The van der Waals surface area contributed by atoms with Crippen molar-refractivity contribution in [2.45, 2.75) is 0 Å². The van der Waals surface area contributed by atoms with E-state index < -0.39 is 0 Å². The van der Waals surface area contributed by atoms with Crippen LogP contribution >= 0.6 is 0 Å². The van der Waals surface area contributed by atoms with Crippen LogP contribution in [0.25, 0.3) is 0 Å². The first kappa shape index (κ1) is 22.7. The molecule has 0 aliphatic carbocycles. The normalized spacial score (nSPS) is 10.4. The SMILES string of the molecule is Nc1ccc(Oc2ccc(Oc3ccc(Oc4ccc(Oc5ccc(N)cc5)cc4)cc3)cc2)cc1. The summed E-state index contributed by atoms with van der Waals surface area (Å²) in [6.45, 7) is 0. The van der Waals surface area contributed by atoms with Crippen molar-refractivity contribution in [3.05, 3.63) is 121 Å². The van der Waals surface area contributed by atoms with E-state index in [1.54, 1.807) is 24.3 Å². The van der Waals surface area contributed by atoms with Crippen LogP contribution in [-0.2, 0) is 0 Å². The van der Waals surface area contributed by atoms with Crippen molar-refractivity contribution in [3.63, 3.8) is 0 Å². The van der Waals surface area contributed by atoms with Gasteiger partial charge in [-0.25, -0.2) is 0 Å². The molecular formula is C30H24N2O4. The molecule has 5 rings (SSSR count). The van der Waals surface area contributed by atoms with E-state index in [1.165, 1.54) is 0 Å². The third kappa shape index (κ3) is 6.07. The van der Waals surface area contributed by atoms with Gasteiger partial charge in [-0.05, 0) is 121 Å². The number of hydrogen-bond donors (Lipinski definition) is 2. The van der Waals surface area contributed by atoms with Gasteiger partial charge >= 0.3 is 0 Å². The zero-order chi connectivity index (χ0) is 24.7. The molecule has 0 heterocycles. The lowest BCUT2D eigenvalue weighted by molar-refractivity contribution is 0.461. The van der Waals surface area contributed by atoms with Crippen molar-refractivity contribution < 1.29 is 18.9 Å². The van der Waals surface area contributed by atoms with E-state index in [1.807, 2.05) is 97.1 Å². The van der Waals surface area contributed by atoms with Crippen molar-refractivity contribution in [3.8, 4) is 46.0 Å². The monoisotopic (exact) mass is 476 g/mol. The molecule has 36 heavy (non-hydrogen) atoms. The number of rotatable bonds is 8. The van der Waals surface area contributed by atoms with Crippen molar-refractivity contribution in [1.29, 1.82) is 0 Å². The molecule has 0 atom stereocenters. The van der Waals surface area contributed by atoms with Gasteiger partial charge in [0.2, 0.25) is 0 Å². The van der Waals surface area contributed by atoms with Gasteiger partial charge in [-0.15, -0.1) is 0 Å². The van der Waals surface area contributed by atoms with Gasteiger partial charge in [-0.3, -0.25) is 0 Å². The van der Waals surface area contributed by atoms with Crippen molar-refractivity contribution >= 4 is 11.4 Å². The average Bonchev–Trinajstić information content (AvgIpc) is 2.90. The van der Waals surface area contributed by atoms with Crippen LogP contribution in [0.3, 0.4) is 0 Å². The van der Waals surface area contributed by atoms with Crippen molar-refractivity contribution in [1.82, 2.24) is 0 Å². The standard InChI is InChI=1S/C30H24N2O4/c31-21-1-5-23(6-2-21)33-25-9-13-27(14-10-25)35-29-17-19-30(20-18-29)36-28-15-11-26(12-16-28)34-24-7-3-22(32)4-8-24/h1-20H,31-32H2. The Labute approximate surface area is 209 Å². The molecule has 0 bridgehead atoms. The number of nitrogens with two attached hydrogens (primary N) is 2. The highest BCUT2D eigenvalue weighted by molar-refractivity contribution is 5.45. The summed E-state index contributed by atoms with van der Waals surface area (Å²) in [6, 6.07) is 36.7. The molecule has 6 nitrogen and oxygen atoms in total. The van der Waals surface area contributed by atoms with Gasteiger partial charge in [0.15, 0.2) is 0 Å². The van der Waals surface area contributed by atoms with Crippen LogP contribution in [0.15, 0.2) is 121 Å². The lowest BCUT2D eigenvalue weighted by atomic mass is 10.3. The lowest BCUT2D eigenvalue weighted by Crippen LogP contribution is -1.89. The second-order valence-corrected chi connectivity index (χ2v) is 7.96. The number of ether oxygens (including phenoxy) is 4. The fourth-order valence-corrected chi connectivity index (χ4v) is 3.34. The molecular weight excluding hydrogens is 452 g/mol. The quantitative estimate of drug-likeness (QED) is 0.220. The van der Waals surface area contributed by atoms with Crippen molar-refractivity contribution in [2.75, 3.05) is 11.5 Å². The fraction of sp³-hybridized carbons (Fsp3) is 0. The first-order valence-electron chi connectivity index (χ1n) is 11.3. The van der Waals surface area contributed by atoms with E-state index in [0.29, 0.717) is 45.9 Å². The summed E-state index contributed by atoms with van der Waals surface area (Å²) in [4.78, 5) is 0. The second-order valence-electron chi connectivity index (χ2n) is 7.96. The Morgan fingerprint density at radius 2 is 0.389 bits per heavy atom. The van der Waals surface area contributed by atoms with Gasteiger partial charge in [0.1, 0.15) is 46.0 Å². The minimum absolute atomic E-state index is 0.695. The van der Waals surface area contributed by atoms with Crippen LogP contribution in [-0.4, -0.2) is 0 Å². The van der Waals surface area contributed by atoms with Gasteiger partial charge in [-0.2, -0.15) is 0 Å². The Bertz CT molecular complexity index is 1290. The Hall–Kier alpha value is -5.10. The summed E-state index contributed by atoms with van der Waals surface area (Å²) in [5.74, 6) is 5.65. The number of benzene rings is 5. The van der Waals surface area contributed by atoms with E-state index in [-0.39, 0.29) is 0 Å². The summed E-state index contributed by atoms with van der Waals surface area (Å²) in [5, 5.41) is 0. The molecule has 5 aromatic carbocycles. The Morgan fingerprint density at radius 3 is 0.556 bits per heavy atom. The minimum atomic E-state index is 0.695.